The first-order chi connectivity index (χ1) is 39.7. The number of unbranched alkanes of at least 4 members (excludes halogenated alkanes) is 26. The Kier molecular flexibility index (Phi) is 34.8. The van der Waals surface area contributed by atoms with Crippen LogP contribution in [0.2, 0.25) is 0 Å². The Morgan fingerprint density at radius 3 is 1.19 bits per heavy atom. The molecule has 446 valence electrons. The topological polar surface area (TPSA) is 83.1 Å². The van der Waals surface area contributed by atoms with Gasteiger partial charge in [-0.05, 0) is 29.5 Å². The van der Waals surface area contributed by atoms with Crippen molar-refractivity contribution in [3.05, 3.63) is 144 Å². The summed E-state index contributed by atoms with van der Waals surface area (Å²) in [7, 11) is 0. The van der Waals surface area contributed by atoms with Crippen LogP contribution in [-0.4, -0.2) is 77.0 Å². The first-order valence-corrected chi connectivity index (χ1v) is 32.3. The van der Waals surface area contributed by atoms with Crippen molar-refractivity contribution >= 4 is 0 Å². The van der Waals surface area contributed by atoms with Crippen LogP contribution in [0.3, 0.4) is 0 Å². The molecule has 0 spiro atoms. The zero-order valence-electron chi connectivity index (χ0n) is 50.1. The van der Waals surface area contributed by atoms with Crippen LogP contribution in [0.1, 0.15) is 222 Å². The van der Waals surface area contributed by atoms with Gasteiger partial charge in [-0.1, -0.05) is 302 Å². The van der Waals surface area contributed by atoms with E-state index in [1.807, 2.05) is 72.8 Å². The van der Waals surface area contributed by atoms with Crippen molar-refractivity contribution in [3.63, 3.8) is 0 Å². The van der Waals surface area contributed by atoms with E-state index in [1.54, 1.807) is 0 Å². The van der Waals surface area contributed by atoms with Gasteiger partial charge in [0.1, 0.15) is 24.4 Å². The van der Waals surface area contributed by atoms with Crippen LogP contribution in [0.4, 0.5) is 0 Å². The minimum absolute atomic E-state index is 0.256. The molecule has 0 aliphatic carbocycles. The van der Waals surface area contributed by atoms with Crippen LogP contribution < -0.4 is 0 Å². The Morgan fingerprint density at radius 2 is 0.750 bits per heavy atom. The summed E-state index contributed by atoms with van der Waals surface area (Å²) in [6.45, 7) is 8.90. The van der Waals surface area contributed by atoms with E-state index < -0.39 is 42.4 Å². The van der Waals surface area contributed by atoms with Crippen LogP contribution in [0.25, 0.3) is 0 Å². The van der Waals surface area contributed by atoms with Gasteiger partial charge in [0, 0.05) is 18.8 Å². The van der Waals surface area contributed by atoms with Crippen molar-refractivity contribution in [1.82, 2.24) is 0 Å². The SMILES string of the molecule is CCCCCCCCCCCCCCCCOCC(COCCCCCCCCCCCCCCCC)(COCc1ccccc1)CO[C@@H]1O[C@@H]2COC(c3ccccc3)O[C@H]2[C@H](OCc2ccccc2)[C@@H]1OCc1ccccc1. The fraction of sp³-hybridized carbons (Fsp3) is 0.662. The van der Waals surface area contributed by atoms with Crippen LogP contribution >= 0.6 is 0 Å². The molecule has 0 N–H and O–H groups in total. The highest BCUT2D eigenvalue weighted by Gasteiger charge is 2.52. The number of ether oxygens (including phenoxy) is 9. The molecule has 2 fully saturated rings. The average molecular weight is 1110 g/mol. The lowest BCUT2D eigenvalue weighted by molar-refractivity contribution is -0.375. The highest BCUT2D eigenvalue weighted by Crippen LogP contribution is 2.38. The summed E-state index contributed by atoms with van der Waals surface area (Å²) in [4.78, 5) is 0. The van der Waals surface area contributed by atoms with Gasteiger partial charge in [-0.25, -0.2) is 0 Å². The lowest BCUT2D eigenvalue weighted by Crippen LogP contribution is -2.64. The molecule has 6 rings (SSSR count). The van der Waals surface area contributed by atoms with Crippen molar-refractivity contribution in [3.8, 4) is 0 Å². The number of hydrogen-bond donors (Lipinski definition) is 0. The first-order valence-electron chi connectivity index (χ1n) is 32.3. The van der Waals surface area contributed by atoms with Crippen molar-refractivity contribution < 1.29 is 42.6 Å². The summed E-state index contributed by atoms with van der Waals surface area (Å²) < 4.78 is 61.6. The Labute approximate surface area is 486 Å². The van der Waals surface area contributed by atoms with Gasteiger partial charge in [0.15, 0.2) is 12.6 Å². The van der Waals surface area contributed by atoms with E-state index in [0.29, 0.717) is 59.5 Å². The molecule has 6 atom stereocenters. The Hall–Kier alpha value is -3.48. The van der Waals surface area contributed by atoms with Gasteiger partial charge < -0.3 is 42.6 Å². The molecule has 2 heterocycles. The van der Waals surface area contributed by atoms with Crippen LogP contribution in [0.15, 0.2) is 121 Å². The smallest absolute Gasteiger partial charge is 0.186 e. The molecule has 9 heteroatoms. The second kappa shape index (κ2) is 42.3. The molecule has 0 radical (unpaired) electrons. The van der Waals surface area contributed by atoms with Crippen molar-refractivity contribution in [2.45, 2.75) is 250 Å². The third-order valence-electron chi connectivity index (χ3n) is 16.1. The molecule has 0 amide bonds. The largest absolute Gasteiger partial charge is 0.381 e. The second-order valence-corrected chi connectivity index (χ2v) is 23.3. The van der Waals surface area contributed by atoms with E-state index in [1.165, 1.54) is 167 Å². The average Bonchev–Trinajstić information content (AvgIpc) is 3.54. The molecule has 9 nitrogen and oxygen atoms in total. The molecule has 0 saturated carbocycles. The second-order valence-electron chi connectivity index (χ2n) is 23.3. The van der Waals surface area contributed by atoms with E-state index >= 15 is 0 Å². The summed E-state index contributed by atoms with van der Waals surface area (Å²) in [6, 6.07) is 41.0. The molecule has 4 aromatic carbocycles. The van der Waals surface area contributed by atoms with Crippen LogP contribution in [0.5, 0.6) is 0 Å². The molecule has 1 unspecified atom stereocenters. The Bertz CT molecular complexity index is 1990. The van der Waals surface area contributed by atoms with Gasteiger partial charge in [0.2, 0.25) is 0 Å². The number of rotatable bonds is 48. The molecule has 2 aliphatic heterocycles. The minimum Gasteiger partial charge on any atom is -0.381 e. The molecule has 0 aromatic heterocycles. The third-order valence-corrected chi connectivity index (χ3v) is 16.1. The van der Waals surface area contributed by atoms with E-state index in [9.17, 15) is 0 Å². The number of fused-ring (bicyclic) bond motifs is 1. The third kappa shape index (κ3) is 26.8. The van der Waals surface area contributed by atoms with Crippen molar-refractivity contribution in [2.24, 2.45) is 5.41 Å². The first kappa shape index (κ1) is 65.7. The van der Waals surface area contributed by atoms with E-state index in [0.717, 1.165) is 35.1 Å². The van der Waals surface area contributed by atoms with E-state index in [-0.39, 0.29) is 6.61 Å². The standard InChI is InChI=1S/C71H108O9/c1-3-5-7-9-11-13-15-17-19-21-23-25-27-41-51-72-57-71(59-74-53-61-43-33-29-34-44-61,58-73-52-42-28-26-24-22-20-18-16-14-12-10-8-6-4-2)60-78-70-68(76-55-63-47-37-31-38-48-63)67(75-54-62-45-35-30-36-46-62)66-65(79-70)56-77-69(80-66)64-49-39-32-40-50-64/h29-40,43-50,65-70H,3-28,41-42,51-60H2,1-2H3/t65-,66-,67+,68+,69?,70-/m1/s1. The zero-order valence-corrected chi connectivity index (χ0v) is 50.1. The summed E-state index contributed by atoms with van der Waals surface area (Å²) in [6.07, 6.45) is 33.4. The highest BCUT2D eigenvalue weighted by atomic mass is 16.8. The van der Waals surface area contributed by atoms with Gasteiger partial charge >= 0.3 is 0 Å². The van der Waals surface area contributed by atoms with Gasteiger partial charge in [0.25, 0.3) is 0 Å². The zero-order chi connectivity index (χ0) is 55.6. The molecule has 2 saturated heterocycles. The van der Waals surface area contributed by atoms with Gasteiger partial charge in [0.05, 0.1) is 58.3 Å². The maximum Gasteiger partial charge on any atom is 0.186 e. The summed E-state index contributed by atoms with van der Waals surface area (Å²) in [5.74, 6) is 0. The van der Waals surface area contributed by atoms with Gasteiger partial charge in [-0.3, -0.25) is 0 Å². The van der Waals surface area contributed by atoms with Crippen molar-refractivity contribution in [2.75, 3.05) is 46.2 Å². The summed E-state index contributed by atoms with van der Waals surface area (Å²) in [5, 5.41) is 0. The molecule has 80 heavy (non-hydrogen) atoms. The van der Waals surface area contributed by atoms with Gasteiger partial charge in [-0.15, -0.1) is 0 Å². The van der Waals surface area contributed by atoms with E-state index in [2.05, 4.69) is 62.4 Å². The fourth-order valence-electron chi connectivity index (χ4n) is 11.2. The maximum absolute atomic E-state index is 7.18. The molecular formula is C71H108O9. The maximum atomic E-state index is 7.18. The highest BCUT2D eigenvalue weighted by molar-refractivity contribution is 5.18. The van der Waals surface area contributed by atoms with E-state index in [4.69, 9.17) is 42.6 Å². The molecule has 4 aromatic rings. The minimum atomic E-state index is -0.828. The van der Waals surface area contributed by atoms with Gasteiger partial charge in [-0.2, -0.15) is 0 Å². The fourth-order valence-corrected chi connectivity index (χ4v) is 11.2. The lowest BCUT2D eigenvalue weighted by atomic mass is 9.91. The normalized spacial score (nSPS) is 19.3. The number of benzene rings is 4. The predicted octanol–water partition coefficient (Wildman–Crippen LogP) is 18.2. The Balaban J connectivity index is 1.12. The van der Waals surface area contributed by atoms with Crippen LogP contribution in [0, 0.1) is 5.41 Å². The summed E-state index contributed by atoms with van der Waals surface area (Å²) in [5.41, 5.74) is 3.51. The quantitative estimate of drug-likeness (QED) is 0.0402. The summed E-state index contributed by atoms with van der Waals surface area (Å²) >= 11 is 0. The molecule has 0 bridgehead atoms. The monoisotopic (exact) mass is 1100 g/mol. The van der Waals surface area contributed by atoms with Crippen LogP contribution in [-0.2, 0) is 62.5 Å². The lowest BCUT2D eigenvalue weighted by Gasteiger charge is -2.49. The predicted molar refractivity (Wildman–Crippen MR) is 325 cm³/mol. The number of hydrogen-bond acceptors (Lipinski definition) is 9. The Morgan fingerprint density at radius 1 is 0.375 bits per heavy atom. The molecule has 2 aliphatic rings. The van der Waals surface area contributed by atoms with Crippen molar-refractivity contribution in [1.29, 1.82) is 0 Å². The molecular weight excluding hydrogens is 997 g/mol.